The van der Waals surface area contributed by atoms with Crippen LogP contribution in [-0.2, 0) is 39.0 Å². The molecule has 0 N–H and O–H groups in total. The van der Waals surface area contributed by atoms with Crippen molar-refractivity contribution >= 4 is 10.8 Å². The molecule has 0 bridgehead atoms. The van der Waals surface area contributed by atoms with E-state index in [9.17, 15) is 0 Å². The first-order valence-electron chi connectivity index (χ1n) is 8.09. The first kappa shape index (κ1) is 17.3. The van der Waals surface area contributed by atoms with Crippen LogP contribution >= 0.6 is 0 Å². The summed E-state index contributed by atoms with van der Waals surface area (Å²) in [7, 11) is 0. The molecule has 1 heteroatoms. The summed E-state index contributed by atoms with van der Waals surface area (Å²) in [6, 6.07) is 20.4. The standard InChI is InChI=1S/C21H23.Zr/c1-3-5-7-17-14-19-8-6-9-20(21(19)15-17)18-12-10-16(4-2)11-13-18;/h6,8-15H,3-5,7H2,1-2H3;/q-1;. The molecule has 0 heterocycles. The Morgan fingerprint density at radius 2 is 1.73 bits per heavy atom. The monoisotopic (exact) mass is 365 g/mol. The molecular weight excluding hydrogens is 343 g/mol. The maximum atomic E-state index is 2.38. The van der Waals surface area contributed by atoms with Gasteiger partial charge in [0.1, 0.15) is 0 Å². The fourth-order valence-corrected chi connectivity index (χ4v) is 2.99. The molecule has 112 valence electrons. The van der Waals surface area contributed by atoms with Crippen LogP contribution < -0.4 is 0 Å². The zero-order valence-corrected chi connectivity index (χ0v) is 16.0. The Labute approximate surface area is 153 Å². The first-order chi connectivity index (χ1) is 10.3. The van der Waals surface area contributed by atoms with Crippen molar-refractivity contribution in [3.05, 3.63) is 65.7 Å². The maximum Gasteiger partial charge on any atom is 0 e. The third kappa shape index (κ3) is 3.63. The Balaban J connectivity index is 0.00000176. The van der Waals surface area contributed by atoms with Crippen molar-refractivity contribution in [1.29, 1.82) is 0 Å². The Bertz CT molecular complexity index is 719. The summed E-state index contributed by atoms with van der Waals surface area (Å²) in [5.41, 5.74) is 5.56. The van der Waals surface area contributed by atoms with Gasteiger partial charge in [-0.1, -0.05) is 62.6 Å². The van der Waals surface area contributed by atoms with Crippen LogP contribution in [0.4, 0.5) is 0 Å². The van der Waals surface area contributed by atoms with E-state index < -0.39 is 0 Å². The number of rotatable bonds is 5. The van der Waals surface area contributed by atoms with E-state index in [1.54, 1.807) is 0 Å². The van der Waals surface area contributed by atoms with Crippen LogP contribution in [0.3, 0.4) is 0 Å². The molecule has 0 unspecified atom stereocenters. The summed E-state index contributed by atoms with van der Waals surface area (Å²) in [6.07, 6.45) is 4.82. The van der Waals surface area contributed by atoms with Gasteiger partial charge in [0.15, 0.2) is 0 Å². The third-order valence-corrected chi connectivity index (χ3v) is 4.30. The van der Waals surface area contributed by atoms with Crippen LogP contribution in [0.1, 0.15) is 37.8 Å². The summed E-state index contributed by atoms with van der Waals surface area (Å²) in [5.74, 6) is 0. The van der Waals surface area contributed by atoms with Gasteiger partial charge >= 0.3 is 0 Å². The molecular formula is C21H23Zr-. The van der Waals surface area contributed by atoms with Gasteiger partial charge in [-0.15, -0.1) is 34.5 Å². The molecule has 3 aromatic rings. The van der Waals surface area contributed by atoms with E-state index >= 15 is 0 Å². The zero-order chi connectivity index (χ0) is 14.7. The minimum Gasteiger partial charge on any atom is -0.164 e. The average molecular weight is 367 g/mol. The van der Waals surface area contributed by atoms with Crippen molar-refractivity contribution in [2.75, 3.05) is 0 Å². The maximum absolute atomic E-state index is 2.38. The third-order valence-electron chi connectivity index (χ3n) is 4.30. The second-order valence-corrected chi connectivity index (χ2v) is 5.83. The topological polar surface area (TPSA) is 0 Å². The fourth-order valence-electron chi connectivity index (χ4n) is 2.99. The van der Waals surface area contributed by atoms with E-state index in [2.05, 4.69) is 68.4 Å². The van der Waals surface area contributed by atoms with Crippen molar-refractivity contribution in [1.82, 2.24) is 0 Å². The van der Waals surface area contributed by atoms with Crippen LogP contribution in [0.2, 0.25) is 0 Å². The predicted molar refractivity (Wildman–Crippen MR) is 93.0 cm³/mol. The van der Waals surface area contributed by atoms with E-state index in [1.807, 2.05) is 0 Å². The van der Waals surface area contributed by atoms with Crippen molar-refractivity contribution in [2.45, 2.75) is 39.5 Å². The van der Waals surface area contributed by atoms with Gasteiger partial charge in [-0.25, -0.2) is 0 Å². The summed E-state index contributed by atoms with van der Waals surface area (Å²) in [5, 5.41) is 2.77. The molecule has 22 heavy (non-hydrogen) atoms. The predicted octanol–water partition coefficient (Wildman–Crippen LogP) is 6.13. The van der Waals surface area contributed by atoms with Gasteiger partial charge in [-0.2, -0.15) is 6.07 Å². The normalized spacial score (nSPS) is 10.6. The molecule has 3 aromatic carbocycles. The van der Waals surface area contributed by atoms with Crippen LogP contribution in [0.5, 0.6) is 0 Å². The Kier molecular flexibility index (Phi) is 6.27. The summed E-state index contributed by atoms with van der Waals surface area (Å²) in [6.45, 7) is 4.45. The minimum atomic E-state index is 0. The van der Waals surface area contributed by atoms with E-state index in [0.29, 0.717) is 0 Å². The van der Waals surface area contributed by atoms with Crippen LogP contribution in [0.15, 0.2) is 54.6 Å². The van der Waals surface area contributed by atoms with E-state index in [1.165, 1.54) is 52.3 Å². The number of benzene rings is 2. The summed E-state index contributed by atoms with van der Waals surface area (Å²) < 4.78 is 0. The molecule has 0 aliphatic carbocycles. The molecule has 0 aromatic heterocycles. The number of aryl methyl sites for hydroxylation is 2. The summed E-state index contributed by atoms with van der Waals surface area (Å²) >= 11 is 0. The molecule has 0 aliphatic rings. The molecule has 0 saturated heterocycles. The number of fused-ring (bicyclic) bond motifs is 1. The Morgan fingerprint density at radius 3 is 2.41 bits per heavy atom. The van der Waals surface area contributed by atoms with E-state index in [0.717, 1.165) is 6.42 Å². The Morgan fingerprint density at radius 1 is 0.955 bits per heavy atom. The van der Waals surface area contributed by atoms with Gasteiger partial charge in [-0.05, 0) is 24.0 Å². The number of hydrogen-bond donors (Lipinski definition) is 0. The second kappa shape index (κ2) is 7.97. The van der Waals surface area contributed by atoms with Gasteiger partial charge in [-0.3, -0.25) is 0 Å². The molecule has 0 spiro atoms. The van der Waals surface area contributed by atoms with Gasteiger partial charge in [0.05, 0.1) is 0 Å². The molecule has 0 aliphatic heterocycles. The van der Waals surface area contributed by atoms with Crippen LogP contribution in [-0.4, -0.2) is 0 Å². The molecule has 0 fully saturated rings. The van der Waals surface area contributed by atoms with E-state index in [-0.39, 0.29) is 26.2 Å². The zero-order valence-electron chi connectivity index (χ0n) is 13.5. The van der Waals surface area contributed by atoms with Gasteiger partial charge in [0.2, 0.25) is 0 Å². The van der Waals surface area contributed by atoms with Crippen molar-refractivity contribution < 1.29 is 26.2 Å². The quantitative estimate of drug-likeness (QED) is 0.477. The smallest absolute Gasteiger partial charge is 0 e. The molecule has 0 saturated carbocycles. The molecule has 0 radical (unpaired) electrons. The minimum absolute atomic E-state index is 0. The first-order valence-corrected chi connectivity index (χ1v) is 8.09. The molecule has 0 atom stereocenters. The van der Waals surface area contributed by atoms with Crippen molar-refractivity contribution in [3.8, 4) is 11.1 Å². The van der Waals surface area contributed by atoms with Gasteiger partial charge in [0.25, 0.3) is 0 Å². The van der Waals surface area contributed by atoms with Crippen molar-refractivity contribution in [2.24, 2.45) is 0 Å². The SMILES string of the molecule is CCCCc1cc2c(-c3ccc(CC)cc3)cccc2[cH-]1.[Zr]. The van der Waals surface area contributed by atoms with Crippen molar-refractivity contribution in [3.63, 3.8) is 0 Å². The second-order valence-electron chi connectivity index (χ2n) is 5.83. The summed E-state index contributed by atoms with van der Waals surface area (Å²) in [4.78, 5) is 0. The number of unbranched alkanes of at least 4 members (excludes halogenated alkanes) is 1. The number of hydrogen-bond acceptors (Lipinski definition) is 0. The average Bonchev–Trinajstić information content (AvgIpc) is 2.96. The van der Waals surface area contributed by atoms with Gasteiger partial charge < -0.3 is 0 Å². The van der Waals surface area contributed by atoms with Crippen LogP contribution in [0.25, 0.3) is 21.9 Å². The fraction of sp³-hybridized carbons (Fsp3) is 0.286. The Hall–Kier alpha value is -1.07. The van der Waals surface area contributed by atoms with Crippen LogP contribution in [0, 0.1) is 0 Å². The molecule has 0 nitrogen and oxygen atoms in total. The van der Waals surface area contributed by atoms with E-state index in [4.69, 9.17) is 0 Å². The largest absolute Gasteiger partial charge is 0.164 e. The van der Waals surface area contributed by atoms with Gasteiger partial charge in [0, 0.05) is 26.2 Å². The molecule has 3 rings (SSSR count). The molecule has 0 amide bonds.